The lowest BCUT2D eigenvalue weighted by atomic mass is 10.2. The summed E-state index contributed by atoms with van der Waals surface area (Å²) in [4.78, 5) is 34.4. The standard InChI is InChI=1S/C13H16N2O5/c1-8(11(16)15-13(18)14-2)20-12(17)9-6-4-5-7-10(9)19-3/h4-8H,1-3H3,(H2,14,15,16,18)/t8-/m0/s1. The number of hydrogen-bond acceptors (Lipinski definition) is 5. The molecule has 1 aromatic rings. The van der Waals surface area contributed by atoms with E-state index >= 15 is 0 Å². The van der Waals surface area contributed by atoms with Crippen molar-refractivity contribution in [2.24, 2.45) is 0 Å². The van der Waals surface area contributed by atoms with E-state index in [1.807, 2.05) is 5.32 Å². The Hall–Kier alpha value is -2.57. The van der Waals surface area contributed by atoms with Gasteiger partial charge in [0, 0.05) is 7.05 Å². The van der Waals surface area contributed by atoms with Gasteiger partial charge in [0.05, 0.1) is 7.11 Å². The van der Waals surface area contributed by atoms with E-state index in [4.69, 9.17) is 9.47 Å². The highest BCUT2D eigenvalue weighted by atomic mass is 16.5. The molecule has 0 saturated heterocycles. The molecule has 0 aliphatic carbocycles. The molecule has 0 radical (unpaired) electrons. The van der Waals surface area contributed by atoms with Crippen molar-refractivity contribution in [2.45, 2.75) is 13.0 Å². The molecule has 0 aliphatic rings. The summed E-state index contributed by atoms with van der Waals surface area (Å²) in [6.45, 7) is 1.37. The maximum absolute atomic E-state index is 11.9. The van der Waals surface area contributed by atoms with Crippen LogP contribution in [0.4, 0.5) is 4.79 Å². The summed E-state index contributed by atoms with van der Waals surface area (Å²) >= 11 is 0. The van der Waals surface area contributed by atoms with Gasteiger partial charge in [0.1, 0.15) is 11.3 Å². The highest BCUT2D eigenvalue weighted by Crippen LogP contribution is 2.18. The Morgan fingerprint density at radius 2 is 1.85 bits per heavy atom. The highest BCUT2D eigenvalue weighted by Gasteiger charge is 2.22. The summed E-state index contributed by atoms with van der Waals surface area (Å²) in [5.41, 5.74) is 0.203. The fourth-order valence-electron chi connectivity index (χ4n) is 1.37. The van der Waals surface area contributed by atoms with E-state index in [2.05, 4.69) is 5.32 Å². The zero-order valence-corrected chi connectivity index (χ0v) is 11.4. The van der Waals surface area contributed by atoms with Crippen LogP contribution < -0.4 is 15.4 Å². The van der Waals surface area contributed by atoms with Crippen molar-refractivity contribution in [3.05, 3.63) is 29.8 Å². The molecule has 0 aliphatic heterocycles. The number of methoxy groups -OCH3 is 1. The summed E-state index contributed by atoms with van der Waals surface area (Å²) in [6, 6.07) is 5.80. The Labute approximate surface area is 116 Å². The number of amides is 3. The lowest BCUT2D eigenvalue weighted by Gasteiger charge is -2.13. The molecule has 20 heavy (non-hydrogen) atoms. The molecule has 0 saturated carbocycles. The molecule has 0 unspecified atom stereocenters. The summed E-state index contributed by atoms with van der Waals surface area (Å²) in [5, 5.41) is 4.24. The van der Waals surface area contributed by atoms with Gasteiger partial charge in [0.25, 0.3) is 5.91 Å². The van der Waals surface area contributed by atoms with Gasteiger partial charge >= 0.3 is 12.0 Å². The minimum atomic E-state index is -1.11. The van der Waals surface area contributed by atoms with Gasteiger partial charge in [-0.05, 0) is 19.1 Å². The molecule has 1 atom stereocenters. The summed E-state index contributed by atoms with van der Waals surface area (Å²) in [7, 11) is 2.79. The molecule has 0 heterocycles. The van der Waals surface area contributed by atoms with Crippen LogP contribution in [0, 0.1) is 0 Å². The number of carbonyl (C=O) groups excluding carboxylic acids is 3. The zero-order chi connectivity index (χ0) is 15.1. The van der Waals surface area contributed by atoms with Crippen molar-refractivity contribution in [2.75, 3.05) is 14.2 Å². The summed E-state index contributed by atoms with van der Waals surface area (Å²) in [6.07, 6.45) is -1.11. The number of benzene rings is 1. The number of ether oxygens (including phenoxy) is 2. The number of hydrogen-bond donors (Lipinski definition) is 2. The van der Waals surface area contributed by atoms with Crippen molar-refractivity contribution < 1.29 is 23.9 Å². The van der Waals surface area contributed by atoms with Gasteiger partial charge in [-0.3, -0.25) is 10.1 Å². The van der Waals surface area contributed by atoms with Crippen LogP contribution >= 0.6 is 0 Å². The first-order valence-corrected chi connectivity index (χ1v) is 5.86. The topological polar surface area (TPSA) is 93.7 Å². The van der Waals surface area contributed by atoms with Crippen LogP contribution in [0.25, 0.3) is 0 Å². The number of rotatable bonds is 4. The van der Waals surface area contributed by atoms with E-state index in [-0.39, 0.29) is 5.56 Å². The fourth-order valence-corrected chi connectivity index (χ4v) is 1.37. The second-order valence-corrected chi connectivity index (χ2v) is 3.82. The van der Waals surface area contributed by atoms with Crippen LogP contribution in [0.1, 0.15) is 17.3 Å². The number of imide groups is 1. The average molecular weight is 280 g/mol. The van der Waals surface area contributed by atoms with Crippen LogP contribution in [0.2, 0.25) is 0 Å². The van der Waals surface area contributed by atoms with E-state index < -0.39 is 24.0 Å². The lowest BCUT2D eigenvalue weighted by molar-refractivity contribution is -0.127. The third-order valence-electron chi connectivity index (χ3n) is 2.44. The van der Waals surface area contributed by atoms with Crippen molar-refractivity contribution in [1.82, 2.24) is 10.6 Å². The monoisotopic (exact) mass is 280 g/mol. The van der Waals surface area contributed by atoms with Crippen molar-refractivity contribution in [1.29, 1.82) is 0 Å². The van der Waals surface area contributed by atoms with E-state index in [9.17, 15) is 14.4 Å². The normalized spacial score (nSPS) is 11.2. The van der Waals surface area contributed by atoms with Crippen molar-refractivity contribution in [3.8, 4) is 5.75 Å². The maximum atomic E-state index is 11.9. The fraction of sp³-hybridized carbons (Fsp3) is 0.308. The number of esters is 1. The molecule has 7 heteroatoms. The van der Waals surface area contributed by atoms with Crippen LogP contribution in [0.15, 0.2) is 24.3 Å². The first-order chi connectivity index (χ1) is 9.49. The smallest absolute Gasteiger partial charge is 0.342 e. The predicted molar refractivity (Wildman–Crippen MR) is 70.5 cm³/mol. The van der Waals surface area contributed by atoms with Crippen LogP contribution in [0.3, 0.4) is 0 Å². The molecule has 108 valence electrons. The van der Waals surface area contributed by atoms with Crippen LogP contribution in [-0.2, 0) is 9.53 Å². The molecule has 1 rings (SSSR count). The molecule has 1 aromatic carbocycles. The van der Waals surface area contributed by atoms with Gasteiger partial charge in [0.15, 0.2) is 6.10 Å². The largest absolute Gasteiger partial charge is 0.496 e. The summed E-state index contributed by atoms with van der Waals surface area (Å²) < 4.78 is 10.0. The minimum Gasteiger partial charge on any atom is -0.496 e. The Balaban J connectivity index is 2.70. The number of nitrogens with one attached hydrogen (secondary N) is 2. The number of carbonyl (C=O) groups is 3. The zero-order valence-electron chi connectivity index (χ0n) is 11.4. The van der Waals surface area contributed by atoms with E-state index in [0.29, 0.717) is 5.75 Å². The highest BCUT2D eigenvalue weighted by molar-refractivity contribution is 5.99. The number of para-hydroxylation sites is 1. The Morgan fingerprint density at radius 1 is 1.20 bits per heavy atom. The molecule has 0 bridgehead atoms. The van der Waals surface area contributed by atoms with E-state index in [1.54, 1.807) is 18.2 Å². The molecular formula is C13H16N2O5. The molecule has 0 aromatic heterocycles. The molecule has 0 fully saturated rings. The lowest BCUT2D eigenvalue weighted by Crippen LogP contribution is -2.43. The molecule has 0 spiro atoms. The predicted octanol–water partition coefficient (Wildman–Crippen LogP) is 0.696. The second-order valence-electron chi connectivity index (χ2n) is 3.82. The van der Waals surface area contributed by atoms with Crippen LogP contribution in [0.5, 0.6) is 5.75 Å². The van der Waals surface area contributed by atoms with Crippen molar-refractivity contribution in [3.63, 3.8) is 0 Å². The van der Waals surface area contributed by atoms with Gasteiger partial charge < -0.3 is 14.8 Å². The SMILES string of the molecule is CNC(=O)NC(=O)[C@H](C)OC(=O)c1ccccc1OC. The maximum Gasteiger partial charge on any atom is 0.342 e. The molecule has 7 nitrogen and oxygen atoms in total. The van der Waals surface area contributed by atoms with Gasteiger partial charge in [-0.25, -0.2) is 9.59 Å². The Kier molecular flexibility index (Phi) is 5.52. The third-order valence-corrected chi connectivity index (χ3v) is 2.44. The van der Waals surface area contributed by atoms with Crippen molar-refractivity contribution >= 4 is 17.9 Å². The first kappa shape index (κ1) is 15.5. The van der Waals surface area contributed by atoms with Gasteiger partial charge in [-0.2, -0.15) is 0 Å². The minimum absolute atomic E-state index is 0.203. The van der Waals surface area contributed by atoms with E-state index in [1.165, 1.54) is 27.1 Å². The average Bonchev–Trinajstić information content (AvgIpc) is 2.46. The molecule has 2 N–H and O–H groups in total. The van der Waals surface area contributed by atoms with Gasteiger partial charge in [0.2, 0.25) is 0 Å². The van der Waals surface area contributed by atoms with Crippen LogP contribution in [-0.4, -0.2) is 38.2 Å². The number of urea groups is 1. The molecular weight excluding hydrogens is 264 g/mol. The third kappa shape index (κ3) is 3.98. The summed E-state index contributed by atoms with van der Waals surface area (Å²) in [5.74, 6) is -1.08. The van der Waals surface area contributed by atoms with E-state index in [0.717, 1.165) is 0 Å². The van der Waals surface area contributed by atoms with Gasteiger partial charge in [-0.1, -0.05) is 12.1 Å². The first-order valence-electron chi connectivity index (χ1n) is 5.86. The second kappa shape index (κ2) is 7.13. The Bertz CT molecular complexity index is 515. The Morgan fingerprint density at radius 3 is 2.45 bits per heavy atom. The quantitative estimate of drug-likeness (QED) is 0.792. The van der Waals surface area contributed by atoms with Gasteiger partial charge in [-0.15, -0.1) is 0 Å². The molecule has 3 amide bonds.